The van der Waals surface area contributed by atoms with Crippen LogP contribution in [-0.4, -0.2) is 33.0 Å². The van der Waals surface area contributed by atoms with Gasteiger partial charge in [0.25, 0.3) is 0 Å². The Labute approximate surface area is 123 Å². The van der Waals surface area contributed by atoms with Crippen LogP contribution in [0.15, 0.2) is 37.3 Å². The molecule has 0 heterocycles. The highest BCUT2D eigenvalue weighted by Gasteiger charge is 2.38. The van der Waals surface area contributed by atoms with Crippen LogP contribution in [0.3, 0.4) is 0 Å². The second kappa shape index (κ2) is 7.33. The van der Waals surface area contributed by atoms with Gasteiger partial charge in [-0.25, -0.2) is 4.79 Å². The second-order valence-corrected chi connectivity index (χ2v) is 10.8. The van der Waals surface area contributed by atoms with Crippen molar-refractivity contribution >= 4 is 14.4 Å². The molecule has 0 aliphatic carbocycles. The van der Waals surface area contributed by atoms with E-state index in [1.807, 2.05) is 0 Å². The lowest BCUT2D eigenvalue weighted by Gasteiger charge is -2.36. The van der Waals surface area contributed by atoms with E-state index in [-0.39, 0.29) is 5.04 Å². The zero-order valence-electron chi connectivity index (χ0n) is 13.5. The van der Waals surface area contributed by atoms with Gasteiger partial charge in [-0.1, -0.05) is 33.4 Å². The van der Waals surface area contributed by atoms with Gasteiger partial charge in [0.2, 0.25) is 8.32 Å². The minimum Gasteiger partial charge on any atom is -0.544 e. The molecule has 0 spiro atoms. The number of carbonyl (C=O) groups excluding carboxylic acids is 1. The minimum absolute atomic E-state index is 0.104. The van der Waals surface area contributed by atoms with Gasteiger partial charge in [-0.05, 0) is 24.2 Å². The van der Waals surface area contributed by atoms with Crippen molar-refractivity contribution in [1.29, 1.82) is 0 Å². The van der Waals surface area contributed by atoms with Crippen molar-refractivity contribution in [3.05, 3.63) is 37.3 Å². The van der Waals surface area contributed by atoms with Gasteiger partial charge < -0.3 is 9.16 Å². The van der Waals surface area contributed by atoms with Gasteiger partial charge in [-0.3, -0.25) is 4.90 Å². The maximum absolute atomic E-state index is 11.5. The maximum Gasteiger partial charge on any atom is 0.413 e. The van der Waals surface area contributed by atoms with Crippen LogP contribution in [0.25, 0.3) is 0 Å². The van der Waals surface area contributed by atoms with Crippen LogP contribution in [0.2, 0.25) is 18.1 Å². The van der Waals surface area contributed by atoms with E-state index in [0.29, 0.717) is 12.3 Å². The first-order valence-corrected chi connectivity index (χ1v) is 9.47. The molecule has 0 aliphatic rings. The number of ether oxygens (including phenoxy) is 1. The van der Waals surface area contributed by atoms with Crippen molar-refractivity contribution in [3.8, 4) is 0 Å². The lowest BCUT2D eigenvalue weighted by atomic mass is 10.2. The van der Waals surface area contributed by atoms with E-state index >= 15 is 0 Å². The van der Waals surface area contributed by atoms with E-state index < -0.39 is 14.4 Å². The summed E-state index contributed by atoms with van der Waals surface area (Å²) < 4.78 is 10.7. The highest BCUT2D eigenvalue weighted by Crippen LogP contribution is 2.37. The van der Waals surface area contributed by atoms with Crippen LogP contribution in [0.4, 0.5) is 4.79 Å². The van der Waals surface area contributed by atoms with Gasteiger partial charge >= 0.3 is 6.09 Å². The summed E-state index contributed by atoms with van der Waals surface area (Å²) in [5.74, 6) is 0.551. The van der Waals surface area contributed by atoms with Gasteiger partial charge in [0.05, 0.1) is 12.9 Å². The first kappa shape index (κ1) is 18.5. The molecule has 0 aromatic heterocycles. The topological polar surface area (TPSA) is 38.8 Å². The maximum atomic E-state index is 11.5. The third-order valence-electron chi connectivity index (χ3n) is 3.37. The van der Waals surface area contributed by atoms with Gasteiger partial charge in [-0.15, -0.1) is 6.58 Å². The fourth-order valence-corrected chi connectivity index (χ4v) is 2.17. The Kier molecular flexibility index (Phi) is 6.78. The van der Waals surface area contributed by atoms with Crippen molar-refractivity contribution < 1.29 is 14.0 Å². The number of carbonyl (C=O) groups is 1. The molecule has 0 bridgehead atoms. The molecule has 0 fully saturated rings. The average Bonchev–Trinajstić information content (AvgIpc) is 2.31. The smallest absolute Gasteiger partial charge is 0.413 e. The van der Waals surface area contributed by atoms with Crippen LogP contribution in [0.5, 0.6) is 0 Å². The van der Waals surface area contributed by atoms with Crippen LogP contribution in [0.1, 0.15) is 20.8 Å². The highest BCUT2D eigenvalue weighted by molar-refractivity contribution is 6.74. The summed E-state index contributed by atoms with van der Waals surface area (Å²) in [6, 6.07) is 0. The average molecular weight is 297 g/mol. The molecule has 0 rings (SSSR count). The molecular weight excluding hydrogens is 270 g/mol. The zero-order chi connectivity index (χ0) is 16.0. The number of nitrogens with zero attached hydrogens (tertiary/aromatic N) is 1. The zero-order valence-corrected chi connectivity index (χ0v) is 14.5. The Morgan fingerprint density at radius 3 is 2.30 bits per heavy atom. The number of amides is 1. The predicted octanol–water partition coefficient (Wildman–Crippen LogP) is 4.29. The molecule has 0 atom stereocenters. The molecule has 0 unspecified atom stereocenters. The molecule has 0 aromatic carbocycles. The first-order chi connectivity index (χ1) is 9.05. The second-order valence-electron chi connectivity index (χ2n) is 6.06. The Morgan fingerprint density at radius 2 is 1.90 bits per heavy atom. The number of hydrogen-bond acceptors (Lipinski definition) is 3. The van der Waals surface area contributed by atoms with Crippen molar-refractivity contribution in [3.63, 3.8) is 0 Å². The molecule has 4 nitrogen and oxygen atoms in total. The molecule has 114 valence electrons. The van der Waals surface area contributed by atoms with Crippen LogP contribution in [-0.2, 0) is 9.16 Å². The van der Waals surface area contributed by atoms with Crippen LogP contribution in [0, 0.1) is 0 Å². The van der Waals surface area contributed by atoms with E-state index in [4.69, 9.17) is 4.43 Å². The summed E-state index contributed by atoms with van der Waals surface area (Å²) in [5.41, 5.74) is 0. The molecule has 0 saturated heterocycles. The Bertz CT molecular complexity index is 394. The van der Waals surface area contributed by atoms with E-state index in [0.717, 1.165) is 0 Å². The van der Waals surface area contributed by atoms with Crippen molar-refractivity contribution in [2.45, 2.75) is 38.9 Å². The standard InChI is InChI=1S/C15H27NO3Si/c1-9-11-16(14(17)18-6)12-10-13(2)19-20(7,8)15(3,4)5/h9-10,12H,1-2,11H2,3-8H3/b12-10+. The fraction of sp³-hybridized carbons (Fsp3) is 0.533. The molecule has 0 radical (unpaired) electrons. The van der Waals surface area contributed by atoms with E-state index in [1.165, 1.54) is 12.0 Å². The predicted molar refractivity (Wildman–Crippen MR) is 85.9 cm³/mol. The lowest BCUT2D eigenvalue weighted by molar-refractivity contribution is 0.143. The van der Waals surface area contributed by atoms with Gasteiger partial charge in [0.15, 0.2) is 0 Å². The van der Waals surface area contributed by atoms with E-state index in [2.05, 4.69) is 51.8 Å². The first-order valence-electron chi connectivity index (χ1n) is 6.56. The third kappa shape index (κ3) is 5.65. The van der Waals surface area contributed by atoms with E-state index in [1.54, 1.807) is 18.4 Å². The number of hydrogen-bond donors (Lipinski definition) is 0. The van der Waals surface area contributed by atoms with Crippen LogP contribution >= 0.6 is 0 Å². The lowest BCUT2D eigenvalue weighted by Crippen LogP contribution is -2.40. The number of allylic oxidation sites excluding steroid dienone is 1. The van der Waals surface area contributed by atoms with Crippen molar-refractivity contribution in [2.24, 2.45) is 0 Å². The van der Waals surface area contributed by atoms with Crippen molar-refractivity contribution in [2.75, 3.05) is 13.7 Å². The Morgan fingerprint density at radius 1 is 1.35 bits per heavy atom. The minimum atomic E-state index is -1.90. The third-order valence-corrected chi connectivity index (χ3v) is 7.75. The summed E-state index contributed by atoms with van der Waals surface area (Å²) in [6.45, 7) is 18.6. The number of methoxy groups -OCH3 is 1. The summed E-state index contributed by atoms with van der Waals surface area (Å²) in [4.78, 5) is 12.9. The number of rotatable bonds is 6. The summed E-state index contributed by atoms with van der Waals surface area (Å²) in [7, 11) is -0.559. The fourth-order valence-electron chi connectivity index (χ4n) is 1.14. The molecule has 0 saturated carbocycles. The van der Waals surface area contributed by atoms with Gasteiger partial charge in [0.1, 0.15) is 0 Å². The Balaban J connectivity index is 4.77. The molecule has 5 heteroatoms. The van der Waals surface area contributed by atoms with Crippen LogP contribution < -0.4 is 0 Å². The molecular formula is C15H27NO3Si. The quantitative estimate of drug-likeness (QED) is 0.318. The van der Waals surface area contributed by atoms with Gasteiger partial charge in [-0.2, -0.15) is 0 Å². The largest absolute Gasteiger partial charge is 0.544 e. The highest BCUT2D eigenvalue weighted by atomic mass is 28.4. The van der Waals surface area contributed by atoms with E-state index in [9.17, 15) is 4.79 Å². The normalized spacial score (nSPS) is 12.1. The molecule has 0 N–H and O–H groups in total. The Hall–Kier alpha value is -1.49. The monoisotopic (exact) mass is 297 g/mol. The summed E-state index contributed by atoms with van der Waals surface area (Å²) in [5, 5.41) is 0.104. The molecule has 20 heavy (non-hydrogen) atoms. The summed E-state index contributed by atoms with van der Waals surface area (Å²) >= 11 is 0. The SMILES string of the molecule is C=CCN(/C=C/C(=C)O[Si](C)(C)C(C)(C)C)C(=O)OC. The van der Waals surface area contributed by atoms with Crippen molar-refractivity contribution in [1.82, 2.24) is 4.90 Å². The van der Waals surface area contributed by atoms with Gasteiger partial charge in [0, 0.05) is 12.7 Å². The summed E-state index contributed by atoms with van der Waals surface area (Å²) in [6.07, 6.45) is 4.46. The molecule has 0 aliphatic heterocycles. The molecule has 1 amide bonds. The molecule has 0 aromatic rings.